The summed E-state index contributed by atoms with van der Waals surface area (Å²) in [5.74, 6) is 1.81. The van der Waals surface area contributed by atoms with Crippen LogP contribution in [0.25, 0.3) is 0 Å². The van der Waals surface area contributed by atoms with Crippen molar-refractivity contribution in [2.75, 3.05) is 32.7 Å². The van der Waals surface area contributed by atoms with Crippen LogP contribution >= 0.6 is 0 Å². The average Bonchev–Trinajstić information content (AvgIpc) is 2.91. The Labute approximate surface area is 90.3 Å². The molecule has 4 nitrogen and oxygen atoms in total. The van der Waals surface area contributed by atoms with Crippen molar-refractivity contribution >= 4 is 0 Å². The Kier molecular flexibility index (Phi) is 2.46. The number of rotatable bonds is 3. The van der Waals surface area contributed by atoms with Crippen LogP contribution in [-0.2, 0) is 6.54 Å². The molecule has 2 fully saturated rings. The first-order chi connectivity index (χ1) is 7.42. The highest BCUT2D eigenvalue weighted by Gasteiger charge is 2.35. The molecule has 1 N–H and O–H groups in total. The molecule has 2 saturated heterocycles. The quantitative estimate of drug-likeness (QED) is 0.757. The molecule has 15 heavy (non-hydrogen) atoms. The highest BCUT2D eigenvalue weighted by Crippen LogP contribution is 2.25. The van der Waals surface area contributed by atoms with Gasteiger partial charge in [-0.25, -0.2) is 0 Å². The van der Waals surface area contributed by atoms with Gasteiger partial charge in [0.15, 0.2) is 0 Å². The highest BCUT2D eigenvalue weighted by molar-refractivity contribution is 4.91. The maximum absolute atomic E-state index is 4.23. The molecule has 0 bridgehead atoms. The standard InChI is InChI=1S/C11H18N4/c1-2-13-15(3-1)5-4-14-8-10-6-12-7-11(10)9-14/h1-3,10-12H,4-9H2. The molecular weight excluding hydrogens is 188 g/mol. The van der Waals surface area contributed by atoms with Crippen molar-refractivity contribution < 1.29 is 0 Å². The lowest BCUT2D eigenvalue weighted by atomic mass is 10.0. The van der Waals surface area contributed by atoms with Gasteiger partial charge in [-0.1, -0.05) is 0 Å². The molecule has 2 aliphatic rings. The highest BCUT2D eigenvalue weighted by atomic mass is 15.3. The average molecular weight is 206 g/mol. The Balaban J connectivity index is 1.49. The summed E-state index contributed by atoms with van der Waals surface area (Å²) in [7, 11) is 0. The number of hydrogen-bond acceptors (Lipinski definition) is 3. The van der Waals surface area contributed by atoms with Gasteiger partial charge in [0.05, 0.1) is 6.54 Å². The Hall–Kier alpha value is -0.870. The number of nitrogens with zero attached hydrogens (tertiary/aromatic N) is 3. The second-order valence-electron chi connectivity index (χ2n) is 4.71. The van der Waals surface area contributed by atoms with Crippen molar-refractivity contribution in [2.45, 2.75) is 6.54 Å². The van der Waals surface area contributed by atoms with Crippen molar-refractivity contribution in [1.82, 2.24) is 20.0 Å². The van der Waals surface area contributed by atoms with Gasteiger partial charge in [-0.15, -0.1) is 0 Å². The zero-order chi connectivity index (χ0) is 10.1. The molecule has 0 spiro atoms. The van der Waals surface area contributed by atoms with Gasteiger partial charge in [0.1, 0.15) is 0 Å². The van der Waals surface area contributed by atoms with Gasteiger partial charge in [0.2, 0.25) is 0 Å². The molecule has 2 aliphatic heterocycles. The van der Waals surface area contributed by atoms with Crippen LogP contribution in [-0.4, -0.2) is 47.4 Å². The molecule has 0 saturated carbocycles. The zero-order valence-electron chi connectivity index (χ0n) is 8.97. The van der Waals surface area contributed by atoms with E-state index in [0.29, 0.717) is 0 Å². The number of fused-ring (bicyclic) bond motifs is 1. The van der Waals surface area contributed by atoms with E-state index in [9.17, 15) is 0 Å². The van der Waals surface area contributed by atoms with E-state index in [2.05, 4.69) is 15.3 Å². The van der Waals surface area contributed by atoms with E-state index in [1.165, 1.54) is 26.2 Å². The van der Waals surface area contributed by atoms with Crippen molar-refractivity contribution in [3.63, 3.8) is 0 Å². The molecule has 82 valence electrons. The van der Waals surface area contributed by atoms with Gasteiger partial charge in [-0.05, 0) is 31.0 Å². The first kappa shape index (κ1) is 9.36. The van der Waals surface area contributed by atoms with Gasteiger partial charge < -0.3 is 10.2 Å². The molecule has 1 aromatic rings. The monoisotopic (exact) mass is 206 g/mol. The summed E-state index contributed by atoms with van der Waals surface area (Å²) in [6.45, 7) is 7.18. The third kappa shape index (κ3) is 1.92. The molecule has 2 atom stereocenters. The molecule has 0 aliphatic carbocycles. The summed E-state index contributed by atoms with van der Waals surface area (Å²) >= 11 is 0. The summed E-state index contributed by atoms with van der Waals surface area (Å²) in [6, 6.07) is 1.99. The van der Waals surface area contributed by atoms with Crippen LogP contribution in [0.3, 0.4) is 0 Å². The first-order valence-electron chi connectivity index (χ1n) is 5.82. The predicted octanol–water partition coefficient (Wildman–Crippen LogP) is 0.0343. The molecule has 0 amide bonds. The second kappa shape index (κ2) is 3.94. The Morgan fingerprint density at radius 2 is 2.00 bits per heavy atom. The van der Waals surface area contributed by atoms with E-state index < -0.39 is 0 Å². The topological polar surface area (TPSA) is 33.1 Å². The molecule has 4 heteroatoms. The van der Waals surface area contributed by atoms with Gasteiger partial charge >= 0.3 is 0 Å². The van der Waals surface area contributed by atoms with E-state index in [1.54, 1.807) is 0 Å². The minimum absolute atomic E-state index is 0.905. The van der Waals surface area contributed by atoms with Gasteiger partial charge in [-0.2, -0.15) is 5.10 Å². The molecule has 2 unspecified atom stereocenters. The minimum atomic E-state index is 0.905. The minimum Gasteiger partial charge on any atom is -0.316 e. The summed E-state index contributed by atoms with van der Waals surface area (Å²) in [4.78, 5) is 2.58. The van der Waals surface area contributed by atoms with E-state index >= 15 is 0 Å². The fourth-order valence-corrected chi connectivity index (χ4v) is 2.81. The molecular formula is C11H18N4. The normalized spacial score (nSPS) is 30.9. The van der Waals surface area contributed by atoms with Crippen LogP contribution in [0.5, 0.6) is 0 Å². The molecule has 0 radical (unpaired) electrons. The smallest absolute Gasteiger partial charge is 0.0536 e. The summed E-state index contributed by atoms with van der Waals surface area (Å²) in [6.07, 6.45) is 3.89. The van der Waals surface area contributed by atoms with Gasteiger partial charge in [0.25, 0.3) is 0 Å². The molecule has 3 heterocycles. The lowest BCUT2D eigenvalue weighted by Crippen LogP contribution is -2.29. The van der Waals surface area contributed by atoms with E-state index in [0.717, 1.165) is 24.9 Å². The van der Waals surface area contributed by atoms with Crippen LogP contribution in [0.15, 0.2) is 18.5 Å². The number of nitrogens with one attached hydrogen (secondary N) is 1. The Bertz CT molecular complexity index is 296. The predicted molar refractivity (Wildman–Crippen MR) is 58.5 cm³/mol. The van der Waals surface area contributed by atoms with Crippen LogP contribution < -0.4 is 5.32 Å². The van der Waals surface area contributed by atoms with Crippen molar-refractivity contribution in [3.8, 4) is 0 Å². The fraction of sp³-hybridized carbons (Fsp3) is 0.727. The summed E-state index contributed by atoms with van der Waals surface area (Å²) < 4.78 is 2.02. The van der Waals surface area contributed by atoms with Crippen LogP contribution in [0, 0.1) is 11.8 Å². The second-order valence-corrected chi connectivity index (χ2v) is 4.71. The number of likely N-dealkylation sites (tertiary alicyclic amines) is 1. The summed E-state index contributed by atoms with van der Waals surface area (Å²) in [5.41, 5.74) is 0. The van der Waals surface area contributed by atoms with E-state index in [1.807, 2.05) is 23.1 Å². The van der Waals surface area contributed by atoms with Crippen molar-refractivity contribution in [3.05, 3.63) is 18.5 Å². The molecule has 0 aromatic carbocycles. The lowest BCUT2D eigenvalue weighted by molar-refractivity contribution is 0.294. The van der Waals surface area contributed by atoms with Crippen LogP contribution in [0.2, 0.25) is 0 Å². The lowest BCUT2D eigenvalue weighted by Gasteiger charge is -2.16. The number of hydrogen-bond donors (Lipinski definition) is 1. The zero-order valence-corrected chi connectivity index (χ0v) is 8.97. The third-order valence-electron chi connectivity index (χ3n) is 3.67. The summed E-state index contributed by atoms with van der Waals surface area (Å²) in [5, 5.41) is 7.70. The Morgan fingerprint density at radius 1 is 1.20 bits per heavy atom. The third-order valence-corrected chi connectivity index (χ3v) is 3.67. The fourth-order valence-electron chi connectivity index (χ4n) is 2.81. The van der Waals surface area contributed by atoms with Crippen LogP contribution in [0.1, 0.15) is 0 Å². The Morgan fingerprint density at radius 3 is 2.67 bits per heavy atom. The number of aromatic nitrogens is 2. The van der Waals surface area contributed by atoms with Crippen LogP contribution in [0.4, 0.5) is 0 Å². The SMILES string of the molecule is c1cnn(CCN2CC3CNCC3C2)c1. The van der Waals surface area contributed by atoms with Crippen molar-refractivity contribution in [2.24, 2.45) is 11.8 Å². The first-order valence-corrected chi connectivity index (χ1v) is 5.82. The van der Waals surface area contributed by atoms with E-state index in [-0.39, 0.29) is 0 Å². The van der Waals surface area contributed by atoms with Crippen molar-refractivity contribution in [1.29, 1.82) is 0 Å². The molecule has 1 aromatic heterocycles. The largest absolute Gasteiger partial charge is 0.316 e. The molecule has 3 rings (SSSR count). The van der Waals surface area contributed by atoms with Gasteiger partial charge in [0, 0.05) is 32.0 Å². The maximum Gasteiger partial charge on any atom is 0.0536 e. The van der Waals surface area contributed by atoms with Gasteiger partial charge in [-0.3, -0.25) is 4.68 Å². The maximum atomic E-state index is 4.23. The van der Waals surface area contributed by atoms with E-state index in [4.69, 9.17) is 0 Å².